The summed E-state index contributed by atoms with van der Waals surface area (Å²) in [6, 6.07) is 6.02. The monoisotopic (exact) mass is 287 g/mol. The molecule has 5 heteroatoms. The first-order chi connectivity index (χ1) is 10.0. The number of anilines is 1. The van der Waals surface area contributed by atoms with Gasteiger partial charge in [-0.05, 0) is 32.9 Å². The largest absolute Gasteiger partial charge is 0.465 e. The molecule has 0 atom stereocenters. The molecule has 1 N–H and O–H groups in total. The third-order valence-electron chi connectivity index (χ3n) is 3.25. The lowest BCUT2D eigenvalue weighted by Gasteiger charge is -2.11. The van der Waals surface area contributed by atoms with Crippen LogP contribution >= 0.6 is 0 Å². The van der Waals surface area contributed by atoms with Crippen LogP contribution < -0.4 is 5.32 Å². The highest BCUT2D eigenvalue weighted by molar-refractivity contribution is 5.95. The SMILES string of the molecule is COC(=O)c1cc(C)ccc1NCc1cnn(C(C)C)c1. The van der Waals surface area contributed by atoms with E-state index in [4.69, 9.17) is 4.74 Å². The fraction of sp³-hybridized carbons (Fsp3) is 0.375. The Kier molecular flexibility index (Phi) is 4.62. The Morgan fingerprint density at radius 1 is 1.43 bits per heavy atom. The topological polar surface area (TPSA) is 56.1 Å². The van der Waals surface area contributed by atoms with Gasteiger partial charge in [-0.2, -0.15) is 5.10 Å². The van der Waals surface area contributed by atoms with Crippen molar-refractivity contribution in [2.75, 3.05) is 12.4 Å². The second-order valence-electron chi connectivity index (χ2n) is 5.32. The molecule has 0 aliphatic carbocycles. The third-order valence-corrected chi connectivity index (χ3v) is 3.25. The van der Waals surface area contributed by atoms with Gasteiger partial charge in [0.15, 0.2) is 0 Å². The normalized spacial score (nSPS) is 10.7. The van der Waals surface area contributed by atoms with Crippen LogP contribution in [0.5, 0.6) is 0 Å². The van der Waals surface area contributed by atoms with E-state index >= 15 is 0 Å². The van der Waals surface area contributed by atoms with Crippen LogP contribution in [0, 0.1) is 6.92 Å². The van der Waals surface area contributed by atoms with Crippen LogP contribution in [0.3, 0.4) is 0 Å². The molecule has 0 saturated heterocycles. The van der Waals surface area contributed by atoms with Crippen LogP contribution in [0.15, 0.2) is 30.6 Å². The second kappa shape index (κ2) is 6.43. The summed E-state index contributed by atoms with van der Waals surface area (Å²) in [5.41, 5.74) is 3.41. The Bertz CT molecular complexity index is 632. The molecule has 1 heterocycles. The Morgan fingerprint density at radius 2 is 2.19 bits per heavy atom. The molecule has 0 spiro atoms. The number of carbonyl (C=O) groups is 1. The van der Waals surface area contributed by atoms with E-state index in [1.54, 1.807) is 0 Å². The quantitative estimate of drug-likeness (QED) is 0.858. The average molecular weight is 287 g/mol. The van der Waals surface area contributed by atoms with Crippen LogP contribution in [0.1, 0.15) is 41.4 Å². The molecule has 0 fully saturated rings. The Labute approximate surface area is 124 Å². The van der Waals surface area contributed by atoms with Gasteiger partial charge in [-0.15, -0.1) is 0 Å². The van der Waals surface area contributed by atoms with Gasteiger partial charge in [-0.1, -0.05) is 11.6 Å². The second-order valence-corrected chi connectivity index (χ2v) is 5.32. The minimum atomic E-state index is -0.334. The number of aromatic nitrogens is 2. The molecule has 2 aromatic rings. The number of esters is 1. The van der Waals surface area contributed by atoms with Crippen molar-refractivity contribution < 1.29 is 9.53 Å². The van der Waals surface area contributed by atoms with Crippen molar-refractivity contribution in [3.05, 3.63) is 47.3 Å². The molecule has 0 radical (unpaired) electrons. The van der Waals surface area contributed by atoms with Gasteiger partial charge in [0.2, 0.25) is 0 Å². The van der Waals surface area contributed by atoms with Gasteiger partial charge in [-0.25, -0.2) is 4.79 Å². The highest BCUT2D eigenvalue weighted by Crippen LogP contribution is 2.19. The predicted molar refractivity (Wildman–Crippen MR) is 82.5 cm³/mol. The van der Waals surface area contributed by atoms with Crippen molar-refractivity contribution in [3.8, 4) is 0 Å². The molecular weight excluding hydrogens is 266 g/mol. The summed E-state index contributed by atoms with van der Waals surface area (Å²) in [6.45, 7) is 6.72. The Hall–Kier alpha value is -2.30. The summed E-state index contributed by atoms with van der Waals surface area (Å²) in [5, 5.41) is 7.57. The molecule has 5 nitrogen and oxygen atoms in total. The standard InChI is InChI=1S/C16H21N3O2/c1-11(2)19-10-13(9-18-19)8-17-15-6-5-12(3)7-14(15)16(20)21-4/h5-7,9-11,17H,8H2,1-4H3. The zero-order valence-electron chi connectivity index (χ0n) is 12.9. The number of ether oxygens (including phenoxy) is 1. The minimum absolute atomic E-state index is 0.334. The Morgan fingerprint density at radius 3 is 2.81 bits per heavy atom. The van der Waals surface area contributed by atoms with E-state index in [-0.39, 0.29) is 5.97 Å². The summed E-state index contributed by atoms with van der Waals surface area (Å²) in [7, 11) is 1.39. The van der Waals surface area contributed by atoms with Crippen molar-refractivity contribution in [2.45, 2.75) is 33.4 Å². The number of carbonyl (C=O) groups excluding carboxylic acids is 1. The molecule has 1 aromatic heterocycles. The number of rotatable bonds is 5. The van der Waals surface area contributed by atoms with Crippen molar-refractivity contribution in [3.63, 3.8) is 0 Å². The maximum Gasteiger partial charge on any atom is 0.339 e. The minimum Gasteiger partial charge on any atom is -0.465 e. The van der Waals surface area contributed by atoms with Crippen LogP contribution in [0.2, 0.25) is 0 Å². The molecule has 0 unspecified atom stereocenters. The maximum atomic E-state index is 11.8. The fourth-order valence-electron chi connectivity index (χ4n) is 2.04. The molecule has 0 aliphatic heterocycles. The summed E-state index contributed by atoms with van der Waals surface area (Å²) < 4.78 is 6.73. The molecule has 0 aliphatic rings. The number of aryl methyl sites for hydroxylation is 1. The number of nitrogens with one attached hydrogen (secondary N) is 1. The number of benzene rings is 1. The molecule has 0 saturated carbocycles. The first kappa shape index (κ1) is 15.1. The molecule has 2 rings (SSSR count). The van der Waals surface area contributed by atoms with Crippen LogP contribution in [0.4, 0.5) is 5.69 Å². The van der Waals surface area contributed by atoms with Crippen molar-refractivity contribution >= 4 is 11.7 Å². The van der Waals surface area contributed by atoms with Gasteiger partial charge in [0, 0.05) is 30.0 Å². The van der Waals surface area contributed by atoms with Gasteiger partial charge in [0.25, 0.3) is 0 Å². The predicted octanol–water partition coefficient (Wildman–Crippen LogP) is 3.17. The van der Waals surface area contributed by atoms with Gasteiger partial charge in [0.05, 0.1) is 18.9 Å². The molecular formula is C16H21N3O2. The van der Waals surface area contributed by atoms with Crippen LogP contribution in [-0.2, 0) is 11.3 Å². The van der Waals surface area contributed by atoms with E-state index in [1.807, 2.05) is 42.2 Å². The van der Waals surface area contributed by atoms with E-state index in [2.05, 4.69) is 24.3 Å². The zero-order chi connectivity index (χ0) is 15.4. The van der Waals surface area contributed by atoms with Crippen LogP contribution in [-0.4, -0.2) is 22.9 Å². The van der Waals surface area contributed by atoms with Crippen molar-refractivity contribution in [1.82, 2.24) is 9.78 Å². The van der Waals surface area contributed by atoms with E-state index < -0.39 is 0 Å². The summed E-state index contributed by atoms with van der Waals surface area (Å²) >= 11 is 0. The number of nitrogens with zero attached hydrogens (tertiary/aromatic N) is 2. The van der Waals surface area contributed by atoms with E-state index in [0.717, 1.165) is 16.8 Å². The van der Waals surface area contributed by atoms with Crippen LogP contribution in [0.25, 0.3) is 0 Å². The van der Waals surface area contributed by atoms with E-state index in [9.17, 15) is 4.79 Å². The molecule has 1 aromatic carbocycles. The smallest absolute Gasteiger partial charge is 0.339 e. The first-order valence-electron chi connectivity index (χ1n) is 6.97. The number of hydrogen-bond acceptors (Lipinski definition) is 4. The summed E-state index contributed by atoms with van der Waals surface area (Å²) in [4.78, 5) is 11.8. The lowest BCUT2D eigenvalue weighted by Crippen LogP contribution is -2.08. The van der Waals surface area contributed by atoms with E-state index in [1.165, 1.54) is 7.11 Å². The summed E-state index contributed by atoms with van der Waals surface area (Å²) in [6.07, 6.45) is 3.84. The molecule has 112 valence electrons. The summed E-state index contributed by atoms with van der Waals surface area (Å²) in [5.74, 6) is -0.334. The van der Waals surface area contributed by atoms with E-state index in [0.29, 0.717) is 18.2 Å². The molecule has 0 bridgehead atoms. The van der Waals surface area contributed by atoms with Gasteiger partial charge < -0.3 is 10.1 Å². The number of methoxy groups -OCH3 is 1. The first-order valence-corrected chi connectivity index (χ1v) is 6.97. The van der Waals surface area contributed by atoms with Gasteiger partial charge >= 0.3 is 5.97 Å². The molecule has 21 heavy (non-hydrogen) atoms. The van der Waals surface area contributed by atoms with Gasteiger partial charge in [0.1, 0.15) is 0 Å². The van der Waals surface area contributed by atoms with Crippen molar-refractivity contribution in [2.24, 2.45) is 0 Å². The highest BCUT2D eigenvalue weighted by atomic mass is 16.5. The lowest BCUT2D eigenvalue weighted by atomic mass is 10.1. The lowest BCUT2D eigenvalue weighted by molar-refractivity contribution is 0.0601. The average Bonchev–Trinajstić information content (AvgIpc) is 2.94. The van der Waals surface area contributed by atoms with Crippen molar-refractivity contribution in [1.29, 1.82) is 0 Å². The fourth-order valence-corrected chi connectivity index (χ4v) is 2.04. The molecule has 0 amide bonds. The zero-order valence-corrected chi connectivity index (χ0v) is 12.9. The number of hydrogen-bond donors (Lipinski definition) is 1. The van der Waals surface area contributed by atoms with Gasteiger partial charge in [-0.3, -0.25) is 4.68 Å². The third kappa shape index (κ3) is 3.62. The Balaban J connectivity index is 2.13. The maximum absolute atomic E-state index is 11.8. The highest BCUT2D eigenvalue weighted by Gasteiger charge is 2.12.